The molecular weight excluding hydrogens is 340 g/mol. The van der Waals surface area contributed by atoms with Crippen molar-refractivity contribution in [2.24, 2.45) is 4.99 Å². The third-order valence-electron chi connectivity index (χ3n) is 4.88. The summed E-state index contributed by atoms with van der Waals surface area (Å²) >= 11 is 0. The fourth-order valence-electron chi connectivity index (χ4n) is 3.44. The Kier molecular flexibility index (Phi) is 6.41. The van der Waals surface area contributed by atoms with E-state index in [1.54, 1.807) is 13.2 Å². The average Bonchev–Trinajstić information content (AvgIpc) is 2.72. The third-order valence-corrected chi connectivity index (χ3v) is 4.88. The van der Waals surface area contributed by atoms with Gasteiger partial charge in [0, 0.05) is 39.8 Å². The van der Waals surface area contributed by atoms with Crippen LogP contribution < -0.4 is 15.0 Å². The molecule has 3 rings (SSSR count). The van der Waals surface area contributed by atoms with Crippen LogP contribution in [0.3, 0.4) is 0 Å². The lowest BCUT2D eigenvalue weighted by Gasteiger charge is -2.37. The van der Waals surface area contributed by atoms with Crippen LogP contribution in [0.25, 0.3) is 0 Å². The number of aliphatic imine (C=N–C) groups is 1. The second-order valence-corrected chi connectivity index (χ2v) is 6.50. The Labute approximate surface area is 161 Å². The van der Waals surface area contributed by atoms with E-state index in [9.17, 15) is 5.11 Å². The van der Waals surface area contributed by atoms with E-state index in [2.05, 4.69) is 26.2 Å². The van der Waals surface area contributed by atoms with Crippen molar-refractivity contribution >= 4 is 11.6 Å². The molecule has 6 heteroatoms. The van der Waals surface area contributed by atoms with Gasteiger partial charge in [0.15, 0.2) is 5.96 Å². The highest BCUT2D eigenvalue weighted by atomic mass is 16.5. The highest BCUT2D eigenvalue weighted by Gasteiger charge is 2.21. The van der Waals surface area contributed by atoms with Gasteiger partial charge in [0.25, 0.3) is 0 Å². The van der Waals surface area contributed by atoms with Gasteiger partial charge in [0.1, 0.15) is 11.5 Å². The molecule has 1 aliphatic heterocycles. The Morgan fingerprint density at radius 2 is 1.78 bits per heavy atom. The normalized spacial score (nSPS) is 15.0. The summed E-state index contributed by atoms with van der Waals surface area (Å²) < 4.78 is 5.41. The smallest absolute Gasteiger partial charge is 0.193 e. The van der Waals surface area contributed by atoms with Gasteiger partial charge >= 0.3 is 0 Å². The largest absolute Gasteiger partial charge is 0.506 e. The molecule has 0 amide bonds. The average molecular weight is 368 g/mol. The minimum Gasteiger partial charge on any atom is -0.506 e. The number of guanidine groups is 1. The van der Waals surface area contributed by atoms with Crippen molar-refractivity contribution in [3.05, 3.63) is 54.1 Å². The van der Waals surface area contributed by atoms with Crippen LogP contribution in [0.5, 0.6) is 11.5 Å². The first-order valence-corrected chi connectivity index (χ1v) is 9.33. The molecule has 6 nitrogen and oxygen atoms in total. The van der Waals surface area contributed by atoms with Crippen molar-refractivity contribution in [3.8, 4) is 11.5 Å². The summed E-state index contributed by atoms with van der Waals surface area (Å²) in [7, 11) is 3.52. The maximum absolute atomic E-state index is 10.0. The summed E-state index contributed by atoms with van der Waals surface area (Å²) in [4.78, 5) is 8.91. The Morgan fingerprint density at radius 1 is 1.07 bits per heavy atom. The van der Waals surface area contributed by atoms with Crippen LogP contribution in [-0.4, -0.2) is 62.8 Å². The third kappa shape index (κ3) is 4.64. The van der Waals surface area contributed by atoms with Gasteiger partial charge in [-0.3, -0.25) is 4.99 Å². The fourth-order valence-corrected chi connectivity index (χ4v) is 3.44. The number of hydrogen-bond acceptors (Lipinski definition) is 4. The van der Waals surface area contributed by atoms with Gasteiger partial charge in [0.05, 0.1) is 12.8 Å². The van der Waals surface area contributed by atoms with Gasteiger partial charge in [0.2, 0.25) is 0 Å². The number of nitrogens with zero attached hydrogens (tertiary/aromatic N) is 3. The minimum atomic E-state index is 0.338. The van der Waals surface area contributed by atoms with Crippen LogP contribution in [0, 0.1) is 0 Å². The number of benzene rings is 2. The molecule has 2 aromatic carbocycles. The van der Waals surface area contributed by atoms with E-state index in [0.29, 0.717) is 5.75 Å². The van der Waals surface area contributed by atoms with Gasteiger partial charge in [-0.2, -0.15) is 0 Å². The van der Waals surface area contributed by atoms with E-state index in [0.717, 1.165) is 56.5 Å². The van der Waals surface area contributed by atoms with Crippen LogP contribution in [-0.2, 0) is 6.42 Å². The van der Waals surface area contributed by atoms with E-state index in [-0.39, 0.29) is 0 Å². The highest BCUT2D eigenvalue weighted by Crippen LogP contribution is 2.27. The number of rotatable bonds is 5. The maximum Gasteiger partial charge on any atom is 0.193 e. The molecule has 27 heavy (non-hydrogen) atoms. The van der Waals surface area contributed by atoms with Crippen molar-refractivity contribution in [2.75, 3.05) is 51.8 Å². The predicted octanol–water partition coefficient (Wildman–Crippen LogP) is 2.34. The van der Waals surface area contributed by atoms with Crippen molar-refractivity contribution in [1.29, 1.82) is 0 Å². The molecule has 0 bridgehead atoms. The second kappa shape index (κ2) is 9.16. The molecule has 2 N–H and O–H groups in total. The van der Waals surface area contributed by atoms with Gasteiger partial charge in [-0.25, -0.2) is 0 Å². The minimum absolute atomic E-state index is 0.338. The molecule has 144 valence electrons. The first-order chi connectivity index (χ1) is 13.2. The van der Waals surface area contributed by atoms with Crippen LogP contribution in [0.15, 0.2) is 53.5 Å². The number of methoxy groups -OCH3 is 1. The lowest BCUT2D eigenvalue weighted by atomic mass is 10.1. The monoisotopic (exact) mass is 368 g/mol. The summed E-state index contributed by atoms with van der Waals surface area (Å²) in [6.07, 6.45) is 0.876. The predicted molar refractivity (Wildman–Crippen MR) is 110 cm³/mol. The Balaban J connectivity index is 1.51. The number of phenols is 1. The molecule has 0 unspecified atom stereocenters. The fraction of sp³-hybridized carbons (Fsp3) is 0.381. The van der Waals surface area contributed by atoms with Gasteiger partial charge in [-0.15, -0.1) is 0 Å². The quantitative estimate of drug-likeness (QED) is 0.627. The van der Waals surface area contributed by atoms with Crippen LogP contribution in [0.2, 0.25) is 0 Å². The Bertz CT molecular complexity index is 770. The number of para-hydroxylation sites is 3. The van der Waals surface area contributed by atoms with Crippen LogP contribution >= 0.6 is 0 Å². The van der Waals surface area contributed by atoms with Gasteiger partial charge in [-0.05, 0) is 30.2 Å². The summed E-state index contributed by atoms with van der Waals surface area (Å²) in [6.45, 7) is 4.23. The molecule has 0 saturated carbocycles. The van der Waals surface area contributed by atoms with Gasteiger partial charge < -0.3 is 25.0 Å². The van der Waals surface area contributed by atoms with E-state index in [4.69, 9.17) is 4.74 Å². The zero-order chi connectivity index (χ0) is 19.1. The van der Waals surface area contributed by atoms with Crippen molar-refractivity contribution in [3.63, 3.8) is 0 Å². The van der Waals surface area contributed by atoms with E-state index in [1.807, 2.05) is 43.4 Å². The topological polar surface area (TPSA) is 60.3 Å². The van der Waals surface area contributed by atoms with Gasteiger partial charge in [-0.1, -0.05) is 30.3 Å². The number of nitrogens with one attached hydrogen (secondary N) is 1. The molecule has 0 spiro atoms. The molecule has 1 heterocycles. The first-order valence-electron chi connectivity index (χ1n) is 9.33. The summed E-state index contributed by atoms with van der Waals surface area (Å²) in [5.74, 6) is 2.18. The van der Waals surface area contributed by atoms with Crippen LogP contribution in [0.4, 0.5) is 5.69 Å². The highest BCUT2D eigenvalue weighted by molar-refractivity contribution is 5.80. The molecule has 1 fully saturated rings. The van der Waals surface area contributed by atoms with E-state index >= 15 is 0 Å². The molecular formula is C21H28N4O2. The van der Waals surface area contributed by atoms with Crippen LogP contribution in [0.1, 0.15) is 5.56 Å². The number of anilines is 1. The molecule has 1 aliphatic rings. The number of piperazine rings is 1. The standard InChI is InChI=1S/C21H28N4O2/c1-22-21(23-12-11-17-7-3-6-10-20(17)27-2)25-15-13-24(14-16-25)18-8-4-5-9-19(18)26/h3-10,26H,11-16H2,1-2H3,(H,22,23). The zero-order valence-corrected chi connectivity index (χ0v) is 16.1. The molecule has 1 saturated heterocycles. The Hall–Kier alpha value is -2.89. The molecule has 0 aliphatic carbocycles. The molecule has 2 aromatic rings. The lowest BCUT2D eigenvalue weighted by molar-refractivity contribution is 0.370. The first kappa shape index (κ1) is 18.9. The van der Waals surface area contributed by atoms with Crippen molar-refractivity contribution in [2.45, 2.75) is 6.42 Å². The second-order valence-electron chi connectivity index (χ2n) is 6.50. The molecule has 0 radical (unpaired) electrons. The summed E-state index contributed by atoms with van der Waals surface area (Å²) in [6, 6.07) is 15.6. The summed E-state index contributed by atoms with van der Waals surface area (Å²) in [5.41, 5.74) is 2.09. The Morgan fingerprint density at radius 3 is 2.48 bits per heavy atom. The number of aromatic hydroxyl groups is 1. The van der Waals surface area contributed by atoms with Crippen molar-refractivity contribution < 1.29 is 9.84 Å². The van der Waals surface area contributed by atoms with Crippen molar-refractivity contribution in [1.82, 2.24) is 10.2 Å². The summed E-state index contributed by atoms with van der Waals surface area (Å²) in [5, 5.41) is 13.5. The molecule has 0 aromatic heterocycles. The molecule has 0 atom stereocenters. The SMILES string of the molecule is CN=C(NCCc1ccccc1OC)N1CCN(c2ccccc2O)CC1. The maximum atomic E-state index is 10.0. The zero-order valence-electron chi connectivity index (χ0n) is 16.1. The van der Waals surface area contributed by atoms with E-state index < -0.39 is 0 Å². The number of phenolic OH excluding ortho intramolecular Hbond substituents is 1. The number of ether oxygens (including phenoxy) is 1. The lowest BCUT2D eigenvalue weighted by Crippen LogP contribution is -2.52. The number of hydrogen-bond donors (Lipinski definition) is 2. The van der Waals surface area contributed by atoms with E-state index in [1.165, 1.54) is 5.56 Å².